The Morgan fingerprint density at radius 1 is 1.69 bits per heavy atom. The van der Waals surface area contributed by atoms with Gasteiger partial charge in [-0.1, -0.05) is 0 Å². The second-order valence-corrected chi connectivity index (χ2v) is 4.60. The number of hydrogen-bond acceptors (Lipinski definition) is 4. The first-order chi connectivity index (χ1) is 7.81. The van der Waals surface area contributed by atoms with Crippen molar-refractivity contribution < 1.29 is 5.11 Å². The lowest BCUT2D eigenvalue weighted by Crippen LogP contribution is -2.31. The van der Waals surface area contributed by atoms with Crippen LogP contribution in [0.5, 0.6) is 0 Å². The molecule has 2 rings (SSSR count). The number of hydrogen-bond donors (Lipinski definition) is 2. The zero-order valence-electron chi connectivity index (χ0n) is 9.76. The Hall–Kier alpha value is -0.940. The van der Waals surface area contributed by atoms with Crippen molar-refractivity contribution in [1.82, 2.24) is 20.1 Å². The summed E-state index contributed by atoms with van der Waals surface area (Å²) in [5, 5.41) is 20.6. The molecule has 0 aromatic carbocycles. The van der Waals surface area contributed by atoms with Gasteiger partial charge in [0.25, 0.3) is 0 Å². The summed E-state index contributed by atoms with van der Waals surface area (Å²) >= 11 is 0. The molecule has 5 heteroatoms. The van der Waals surface area contributed by atoms with E-state index in [1.54, 1.807) is 6.33 Å². The SMILES string of the molecule is CC(CO)n1cnnc1CC1CCCNC1. The molecule has 0 spiro atoms. The van der Waals surface area contributed by atoms with Gasteiger partial charge >= 0.3 is 0 Å². The normalized spacial score (nSPS) is 23.2. The summed E-state index contributed by atoms with van der Waals surface area (Å²) in [7, 11) is 0. The first-order valence-electron chi connectivity index (χ1n) is 6.01. The molecule has 1 fully saturated rings. The van der Waals surface area contributed by atoms with Crippen molar-refractivity contribution in [3.63, 3.8) is 0 Å². The third kappa shape index (κ3) is 2.59. The summed E-state index contributed by atoms with van der Waals surface area (Å²) in [6.45, 7) is 4.32. The van der Waals surface area contributed by atoms with Gasteiger partial charge in [0, 0.05) is 6.42 Å². The van der Waals surface area contributed by atoms with E-state index in [1.165, 1.54) is 12.8 Å². The number of rotatable bonds is 4. The predicted molar refractivity (Wildman–Crippen MR) is 61.1 cm³/mol. The first kappa shape index (κ1) is 11.5. The van der Waals surface area contributed by atoms with Crippen LogP contribution in [-0.4, -0.2) is 39.6 Å². The van der Waals surface area contributed by atoms with Crippen LogP contribution in [0.2, 0.25) is 0 Å². The van der Waals surface area contributed by atoms with Gasteiger partial charge in [-0.25, -0.2) is 0 Å². The fourth-order valence-corrected chi connectivity index (χ4v) is 2.23. The Kier molecular flexibility index (Phi) is 3.90. The van der Waals surface area contributed by atoms with Gasteiger partial charge in [0.05, 0.1) is 12.6 Å². The fourth-order valence-electron chi connectivity index (χ4n) is 2.23. The van der Waals surface area contributed by atoms with Crippen LogP contribution >= 0.6 is 0 Å². The van der Waals surface area contributed by atoms with Crippen LogP contribution in [0, 0.1) is 5.92 Å². The molecule has 2 heterocycles. The van der Waals surface area contributed by atoms with E-state index in [-0.39, 0.29) is 12.6 Å². The van der Waals surface area contributed by atoms with Crippen LogP contribution < -0.4 is 5.32 Å². The summed E-state index contributed by atoms with van der Waals surface area (Å²) in [4.78, 5) is 0. The first-order valence-corrected chi connectivity index (χ1v) is 6.01. The molecule has 2 N–H and O–H groups in total. The highest BCUT2D eigenvalue weighted by molar-refractivity contribution is 4.92. The molecule has 0 bridgehead atoms. The summed E-state index contributed by atoms with van der Waals surface area (Å²) in [5.41, 5.74) is 0. The van der Waals surface area contributed by atoms with E-state index in [0.29, 0.717) is 5.92 Å². The fraction of sp³-hybridized carbons (Fsp3) is 0.818. The largest absolute Gasteiger partial charge is 0.394 e. The predicted octanol–water partition coefficient (Wildman–Crippen LogP) is 0.373. The van der Waals surface area contributed by atoms with Crippen molar-refractivity contribution in [2.24, 2.45) is 5.92 Å². The molecular weight excluding hydrogens is 204 g/mol. The Bertz CT molecular complexity index is 320. The number of nitrogens with one attached hydrogen (secondary N) is 1. The molecule has 0 amide bonds. The molecule has 1 aromatic rings. The minimum atomic E-state index is 0.0709. The highest BCUT2D eigenvalue weighted by Crippen LogP contribution is 2.17. The van der Waals surface area contributed by atoms with Crippen LogP contribution in [0.1, 0.15) is 31.6 Å². The third-order valence-electron chi connectivity index (χ3n) is 3.26. The Balaban J connectivity index is 2.00. The van der Waals surface area contributed by atoms with Crippen LogP contribution in [0.3, 0.4) is 0 Å². The van der Waals surface area contributed by atoms with Gasteiger partial charge in [0.2, 0.25) is 0 Å². The molecule has 0 saturated carbocycles. The zero-order chi connectivity index (χ0) is 11.4. The van der Waals surface area contributed by atoms with Gasteiger partial charge < -0.3 is 15.0 Å². The Morgan fingerprint density at radius 3 is 3.25 bits per heavy atom. The van der Waals surface area contributed by atoms with Crippen molar-refractivity contribution in [2.75, 3.05) is 19.7 Å². The van der Waals surface area contributed by atoms with Crippen molar-refractivity contribution in [2.45, 2.75) is 32.2 Å². The number of nitrogens with zero attached hydrogens (tertiary/aromatic N) is 3. The number of aliphatic hydroxyl groups is 1. The minimum Gasteiger partial charge on any atom is -0.394 e. The van der Waals surface area contributed by atoms with Crippen LogP contribution in [-0.2, 0) is 6.42 Å². The van der Waals surface area contributed by atoms with Gasteiger partial charge in [-0.15, -0.1) is 10.2 Å². The van der Waals surface area contributed by atoms with Gasteiger partial charge in [0.1, 0.15) is 12.2 Å². The van der Waals surface area contributed by atoms with Gasteiger partial charge in [-0.3, -0.25) is 0 Å². The molecule has 1 aliphatic rings. The number of aromatic nitrogens is 3. The van der Waals surface area contributed by atoms with Crippen molar-refractivity contribution in [1.29, 1.82) is 0 Å². The van der Waals surface area contributed by atoms with Crippen molar-refractivity contribution >= 4 is 0 Å². The number of aliphatic hydroxyl groups excluding tert-OH is 1. The smallest absolute Gasteiger partial charge is 0.133 e. The zero-order valence-corrected chi connectivity index (χ0v) is 9.76. The molecule has 90 valence electrons. The standard InChI is InChI=1S/C11H20N4O/c1-9(7-16)15-8-13-14-11(15)5-10-3-2-4-12-6-10/h8-10,12,16H,2-7H2,1H3. The van der Waals surface area contributed by atoms with E-state index in [4.69, 9.17) is 5.11 Å². The molecule has 0 radical (unpaired) electrons. The van der Waals surface area contributed by atoms with E-state index in [9.17, 15) is 0 Å². The van der Waals surface area contributed by atoms with E-state index < -0.39 is 0 Å². The van der Waals surface area contributed by atoms with E-state index in [1.807, 2.05) is 11.5 Å². The average Bonchev–Trinajstić information content (AvgIpc) is 2.77. The molecule has 1 aromatic heterocycles. The lowest BCUT2D eigenvalue weighted by molar-refractivity contribution is 0.234. The number of piperidine rings is 1. The maximum Gasteiger partial charge on any atom is 0.133 e. The van der Waals surface area contributed by atoms with Crippen LogP contribution in [0.4, 0.5) is 0 Å². The monoisotopic (exact) mass is 224 g/mol. The molecule has 0 aliphatic carbocycles. The van der Waals surface area contributed by atoms with Crippen LogP contribution in [0.25, 0.3) is 0 Å². The Labute approximate surface area is 95.9 Å². The topological polar surface area (TPSA) is 63.0 Å². The molecule has 1 aliphatic heterocycles. The minimum absolute atomic E-state index is 0.0709. The van der Waals surface area contributed by atoms with E-state index >= 15 is 0 Å². The van der Waals surface area contributed by atoms with E-state index in [0.717, 1.165) is 25.3 Å². The second kappa shape index (κ2) is 5.41. The second-order valence-electron chi connectivity index (χ2n) is 4.60. The molecule has 2 atom stereocenters. The molecule has 1 saturated heterocycles. The van der Waals surface area contributed by atoms with Gasteiger partial charge in [0.15, 0.2) is 0 Å². The quantitative estimate of drug-likeness (QED) is 0.776. The lowest BCUT2D eigenvalue weighted by atomic mass is 9.96. The highest BCUT2D eigenvalue weighted by Gasteiger charge is 2.18. The molecule has 2 unspecified atom stereocenters. The Morgan fingerprint density at radius 2 is 2.56 bits per heavy atom. The summed E-state index contributed by atoms with van der Waals surface area (Å²) in [6, 6.07) is 0.0709. The summed E-state index contributed by atoms with van der Waals surface area (Å²) < 4.78 is 1.98. The molecule has 16 heavy (non-hydrogen) atoms. The van der Waals surface area contributed by atoms with Crippen LogP contribution in [0.15, 0.2) is 6.33 Å². The summed E-state index contributed by atoms with van der Waals surface area (Å²) in [6.07, 6.45) is 5.17. The van der Waals surface area contributed by atoms with Crippen molar-refractivity contribution in [3.8, 4) is 0 Å². The molecule has 5 nitrogen and oxygen atoms in total. The average molecular weight is 224 g/mol. The van der Waals surface area contributed by atoms with Crippen molar-refractivity contribution in [3.05, 3.63) is 12.2 Å². The maximum atomic E-state index is 9.15. The van der Waals surface area contributed by atoms with E-state index in [2.05, 4.69) is 15.5 Å². The third-order valence-corrected chi connectivity index (χ3v) is 3.26. The highest BCUT2D eigenvalue weighted by atomic mass is 16.3. The maximum absolute atomic E-state index is 9.15. The summed E-state index contributed by atoms with van der Waals surface area (Å²) in [5.74, 6) is 1.65. The lowest BCUT2D eigenvalue weighted by Gasteiger charge is -2.23. The van der Waals surface area contributed by atoms with Gasteiger partial charge in [-0.2, -0.15) is 0 Å². The van der Waals surface area contributed by atoms with Gasteiger partial charge in [-0.05, 0) is 38.8 Å². The molecular formula is C11H20N4O.